The number of nitro groups is 1. The molecular weight excluding hydrogens is 338 g/mol. The zero-order valence-electron chi connectivity index (χ0n) is 14.3. The van der Waals surface area contributed by atoms with E-state index in [1.54, 1.807) is 24.5 Å². The van der Waals surface area contributed by atoms with Gasteiger partial charge in [-0.1, -0.05) is 0 Å². The van der Waals surface area contributed by atoms with Crippen LogP contribution in [0.4, 0.5) is 23.0 Å². The molecule has 0 spiro atoms. The monoisotopic (exact) mass is 359 g/mol. The van der Waals surface area contributed by atoms with Gasteiger partial charge in [-0.15, -0.1) is 0 Å². The molecule has 0 atom stereocenters. The number of rotatable bonds is 8. The van der Waals surface area contributed by atoms with Crippen molar-refractivity contribution in [3.8, 4) is 0 Å². The third kappa shape index (κ3) is 4.83. The van der Waals surface area contributed by atoms with Gasteiger partial charge in [-0.2, -0.15) is 0 Å². The second kappa shape index (κ2) is 9.02. The Morgan fingerprint density at radius 3 is 2.65 bits per heavy atom. The standard InChI is InChI=1S/C16H21N7O3/c24-23(25)14-15(18-4-1-7-22-8-10-26-11-9-22)19-12-20-16(14)21-13-2-5-17-6-3-13/h2-3,5-6,12H,1,4,7-11H2,(H2,17,18,19,20,21). The quantitative estimate of drug-likeness (QED) is 0.412. The van der Waals surface area contributed by atoms with Gasteiger partial charge in [-0.25, -0.2) is 9.97 Å². The van der Waals surface area contributed by atoms with E-state index >= 15 is 0 Å². The van der Waals surface area contributed by atoms with Gasteiger partial charge in [0.25, 0.3) is 0 Å². The third-order valence-corrected chi connectivity index (χ3v) is 4.00. The Kier molecular flexibility index (Phi) is 6.23. The smallest absolute Gasteiger partial charge is 0.353 e. The second-order valence-electron chi connectivity index (χ2n) is 5.77. The Bertz CT molecular complexity index is 723. The van der Waals surface area contributed by atoms with E-state index in [0.717, 1.165) is 39.3 Å². The summed E-state index contributed by atoms with van der Waals surface area (Å²) in [5.74, 6) is 0.357. The van der Waals surface area contributed by atoms with E-state index in [1.807, 2.05) is 0 Å². The van der Waals surface area contributed by atoms with Crippen LogP contribution in [0.25, 0.3) is 0 Å². The number of hydrogen-bond donors (Lipinski definition) is 2. The van der Waals surface area contributed by atoms with Crippen molar-refractivity contribution >= 4 is 23.0 Å². The number of aromatic nitrogens is 3. The highest BCUT2D eigenvalue weighted by atomic mass is 16.6. The van der Waals surface area contributed by atoms with Crippen LogP contribution >= 0.6 is 0 Å². The van der Waals surface area contributed by atoms with Crippen LogP contribution in [0.3, 0.4) is 0 Å². The van der Waals surface area contributed by atoms with E-state index in [1.165, 1.54) is 6.33 Å². The molecule has 1 aliphatic rings. The molecule has 2 aromatic rings. The minimum absolute atomic E-state index is 0.145. The fraction of sp³-hybridized carbons (Fsp3) is 0.438. The van der Waals surface area contributed by atoms with Crippen molar-refractivity contribution < 1.29 is 9.66 Å². The number of nitrogens with zero attached hydrogens (tertiary/aromatic N) is 5. The summed E-state index contributed by atoms with van der Waals surface area (Å²) >= 11 is 0. The Balaban J connectivity index is 1.62. The van der Waals surface area contributed by atoms with Crippen molar-refractivity contribution in [3.63, 3.8) is 0 Å². The molecule has 3 rings (SSSR count). The molecule has 0 saturated carbocycles. The second-order valence-corrected chi connectivity index (χ2v) is 5.77. The van der Waals surface area contributed by atoms with E-state index in [9.17, 15) is 10.1 Å². The molecule has 0 aromatic carbocycles. The van der Waals surface area contributed by atoms with E-state index in [-0.39, 0.29) is 17.3 Å². The fourth-order valence-corrected chi connectivity index (χ4v) is 2.68. The topological polar surface area (TPSA) is 118 Å². The van der Waals surface area contributed by atoms with Crippen molar-refractivity contribution in [1.82, 2.24) is 19.9 Å². The molecule has 3 heterocycles. The molecular formula is C16H21N7O3. The number of pyridine rings is 1. The molecule has 0 bridgehead atoms. The first kappa shape index (κ1) is 18.0. The molecule has 1 fully saturated rings. The molecule has 1 aliphatic heterocycles. The van der Waals surface area contributed by atoms with Gasteiger partial charge in [0.2, 0.25) is 11.6 Å². The summed E-state index contributed by atoms with van der Waals surface area (Å²) < 4.78 is 5.32. The van der Waals surface area contributed by atoms with Gasteiger partial charge in [0.15, 0.2) is 0 Å². The Morgan fingerprint density at radius 1 is 1.19 bits per heavy atom. The van der Waals surface area contributed by atoms with Gasteiger partial charge >= 0.3 is 5.69 Å². The van der Waals surface area contributed by atoms with Gasteiger partial charge in [-0.05, 0) is 25.1 Å². The lowest BCUT2D eigenvalue weighted by Crippen LogP contribution is -2.37. The highest BCUT2D eigenvalue weighted by molar-refractivity contribution is 5.73. The van der Waals surface area contributed by atoms with Crippen LogP contribution in [-0.4, -0.2) is 64.2 Å². The first-order valence-corrected chi connectivity index (χ1v) is 8.44. The molecule has 0 unspecified atom stereocenters. The minimum atomic E-state index is -0.478. The van der Waals surface area contributed by atoms with Gasteiger partial charge in [0.05, 0.1) is 18.1 Å². The average molecular weight is 359 g/mol. The Labute approximate surface area is 150 Å². The SMILES string of the molecule is O=[N+]([O-])c1c(NCCCN2CCOCC2)ncnc1Nc1ccncc1. The molecule has 10 heteroatoms. The van der Waals surface area contributed by atoms with E-state index in [2.05, 4.69) is 30.5 Å². The molecule has 1 saturated heterocycles. The predicted octanol–water partition coefficient (Wildman–Crippen LogP) is 1.66. The van der Waals surface area contributed by atoms with Crippen molar-refractivity contribution in [3.05, 3.63) is 41.0 Å². The average Bonchev–Trinajstić information content (AvgIpc) is 2.67. The maximum Gasteiger partial charge on any atom is 0.353 e. The number of hydrogen-bond acceptors (Lipinski definition) is 9. The van der Waals surface area contributed by atoms with Gasteiger partial charge in [-0.3, -0.25) is 20.0 Å². The first-order chi connectivity index (χ1) is 12.7. The van der Waals surface area contributed by atoms with Crippen LogP contribution in [-0.2, 0) is 4.74 Å². The van der Waals surface area contributed by atoms with Gasteiger partial charge in [0, 0.05) is 37.7 Å². The molecule has 0 radical (unpaired) electrons. The molecule has 2 aromatic heterocycles. The lowest BCUT2D eigenvalue weighted by atomic mass is 10.3. The van der Waals surface area contributed by atoms with Crippen LogP contribution < -0.4 is 10.6 Å². The van der Waals surface area contributed by atoms with Crippen LogP contribution in [0.2, 0.25) is 0 Å². The third-order valence-electron chi connectivity index (χ3n) is 4.00. The maximum atomic E-state index is 11.5. The van der Waals surface area contributed by atoms with Crippen LogP contribution in [0, 0.1) is 10.1 Å². The number of nitrogens with one attached hydrogen (secondary N) is 2. The van der Waals surface area contributed by atoms with Crippen LogP contribution in [0.15, 0.2) is 30.9 Å². The van der Waals surface area contributed by atoms with Crippen molar-refractivity contribution in [2.75, 3.05) is 50.0 Å². The van der Waals surface area contributed by atoms with Gasteiger partial charge < -0.3 is 15.4 Å². The molecule has 0 amide bonds. The number of morpholine rings is 1. The van der Waals surface area contributed by atoms with E-state index in [4.69, 9.17) is 4.74 Å². The normalized spacial score (nSPS) is 14.8. The largest absolute Gasteiger partial charge is 0.379 e. The van der Waals surface area contributed by atoms with Crippen molar-refractivity contribution in [1.29, 1.82) is 0 Å². The van der Waals surface area contributed by atoms with E-state index in [0.29, 0.717) is 12.2 Å². The van der Waals surface area contributed by atoms with Crippen LogP contribution in [0.1, 0.15) is 6.42 Å². The summed E-state index contributed by atoms with van der Waals surface area (Å²) in [6.07, 6.45) is 5.36. The van der Waals surface area contributed by atoms with Crippen molar-refractivity contribution in [2.24, 2.45) is 0 Å². The van der Waals surface area contributed by atoms with Crippen LogP contribution in [0.5, 0.6) is 0 Å². The number of anilines is 3. The molecule has 138 valence electrons. The van der Waals surface area contributed by atoms with Crippen molar-refractivity contribution in [2.45, 2.75) is 6.42 Å². The lowest BCUT2D eigenvalue weighted by Gasteiger charge is -2.26. The zero-order valence-corrected chi connectivity index (χ0v) is 14.3. The molecule has 26 heavy (non-hydrogen) atoms. The Hall–Kier alpha value is -2.85. The summed E-state index contributed by atoms with van der Waals surface area (Å²) in [4.78, 5) is 25.3. The predicted molar refractivity (Wildman–Crippen MR) is 96.6 cm³/mol. The summed E-state index contributed by atoms with van der Waals surface area (Å²) in [5, 5.41) is 17.5. The first-order valence-electron chi connectivity index (χ1n) is 8.44. The lowest BCUT2D eigenvalue weighted by molar-refractivity contribution is -0.383. The fourth-order valence-electron chi connectivity index (χ4n) is 2.68. The highest BCUT2D eigenvalue weighted by Gasteiger charge is 2.23. The Morgan fingerprint density at radius 2 is 1.92 bits per heavy atom. The molecule has 0 aliphatic carbocycles. The molecule has 10 nitrogen and oxygen atoms in total. The van der Waals surface area contributed by atoms with E-state index < -0.39 is 4.92 Å². The zero-order chi connectivity index (χ0) is 18.2. The maximum absolute atomic E-state index is 11.5. The summed E-state index contributed by atoms with van der Waals surface area (Å²) in [5.41, 5.74) is 0.496. The number of ether oxygens (including phenoxy) is 1. The summed E-state index contributed by atoms with van der Waals surface area (Å²) in [6.45, 7) is 4.87. The highest BCUT2D eigenvalue weighted by Crippen LogP contribution is 2.30. The van der Waals surface area contributed by atoms with Gasteiger partial charge in [0.1, 0.15) is 6.33 Å². The summed E-state index contributed by atoms with van der Waals surface area (Å²) in [7, 11) is 0. The minimum Gasteiger partial charge on any atom is -0.379 e. The summed E-state index contributed by atoms with van der Waals surface area (Å²) in [6, 6.07) is 3.42. The molecule has 2 N–H and O–H groups in total.